The predicted molar refractivity (Wildman–Crippen MR) is 63.9 cm³/mol. The van der Waals surface area contributed by atoms with Gasteiger partial charge >= 0.3 is 112 Å². The van der Waals surface area contributed by atoms with Crippen molar-refractivity contribution in [3.8, 4) is 2.82 Å². The Morgan fingerprint density at radius 3 is 2.35 bits per heavy atom. The molecule has 17 heavy (non-hydrogen) atoms. The van der Waals surface area contributed by atoms with Gasteiger partial charge in [-0.3, -0.25) is 0 Å². The Morgan fingerprint density at radius 2 is 1.76 bits per heavy atom. The molecule has 0 aliphatic carbocycles. The maximum absolute atomic E-state index is 11.4. The van der Waals surface area contributed by atoms with Gasteiger partial charge in [-0.05, 0) is 0 Å². The van der Waals surface area contributed by atoms with Crippen molar-refractivity contribution in [1.82, 2.24) is 0 Å². The van der Waals surface area contributed by atoms with E-state index in [2.05, 4.69) is 15.8 Å². The van der Waals surface area contributed by atoms with Crippen LogP contribution < -0.4 is 0 Å². The van der Waals surface area contributed by atoms with Crippen LogP contribution in [0.3, 0.4) is 0 Å². The van der Waals surface area contributed by atoms with Crippen molar-refractivity contribution in [2.24, 2.45) is 0 Å². The molecule has 0 aromatic rings. The molecule has 0 bridgehead atoms. The van der Waals surface area contributed by atoms with Gasteiger partial charge in [-0.25, -0.2) is 0 Å². The van der Waals surface area contributed by atoms with Crippen molar-refractivity contribution in [1.29, 1.82) is 0 Å². The molecule has 0 aliphatic heterocycles. The average Bonchev–Trinajstić information content (AvgIpc) is 2.28. The normalized spacial score (nSPS) is 10.7. The minimum atomic E-state index is 0. The molecule has 0 aromatic heterocycles. The third-order valence-corrected chi connectivity index (χ3v) is 3.32. The molecule has 1 nitrogen and oxygen atoms in total. The summed E-state index contributed by atoms with van der Waals surface area (Å²) in [6.07, 6.45) is 12.4. The van der Waals surface area contributed by atoms with Crippen molar-refractivity contribution in [2.45, 2.75) is 65.2 Å². The number of rotatable bonds is 9. The van der Waals surface area contributed by atoms with Crippen LogP contribution in [0.1, 0.15) is 65.2 Å². The minimum Gasteiger partial charge on any atom is 0 e. The first-order valence-corrected chi connectivity index (χ1v) is 8.30. The number of ketones is 1. The number of hydrogen-bond acceptors (Lipinski definition) is 1. The van der Waals surface area contributed by atoms with E-state index in [0.717, 1.165) is 12.0 Å². The fourth-order valence-corrected chi connectivity index (χ4v) is 2.16. The van der Waals surface area contributed by atoms with E-state index in [4.69, 9.17) is 0 Å². The van der Waals surface area contributed by atoms with Crippen molar-refractivity contribution in [2.75, 3.05) is 0 Å². The van der Waals surface area contributed by atoms with Crippen molar-refractivity contribution in [3.63, 3.8) is 0 Å². The van der Waals surface area contributed by atoms with Crippen LogP contribution in [0.2, 0.25) is 0 Å². The number of allylic oxidation sites excluding steroid dienone is 2. The van der Waals surface area contributed by atoms with Crippen LogP contribution in [0.15, 0.2) is 5.57 Å². The summed E-state index contributed by atoms with van der Waals surface area (Å²) in [6.45, 7) is 4.11. The van der Waals surface area contributed by atoms with Crippen LogP contribution in [-0.4, -0.2) is 5.78 Å². The first kappa shape index (κ1) is 20.6. The molecule has 0 unspecified atom stereocenters. The summed E-state index contributed by atoms with van der Waals surface area (Å²) in [5, 5.41) is 0. The smallest absolute Gasteiger partial charge is 0 e. The van der Waals surface area contributed by atoms with Crippen LogP contribution in [-0.2, 0) is 4.79 Å². The van der Waals surface area contributed by atoms with E-state index in [1.165, 1.54) is 38.5 Å². The minimum absolute atomic E-state index is 0. The van der Waals surface area contributed by atoms with Crippen LogP contribution in [0, 0.1) is 68.7 Å². The van der Waals surface area contributed by atoms with E-state index in [0.29, 0.717) is 35.1 Å². The summed E-state index contributed by atoms with van der Waals surface area (Å²) in [5.74, 6) is 0.203. The van der Waals surface area contributed by atoms with Gasteiger partial charge in [0.2, 0.25) is 0 Å². The maximum atomic E-state index is 11.4. The second-order valence-corrected chi connectivity index (χ2v) is 5.57. The Hall–Kier alpha value is 1.29. The van der Waals surface area contributed by atoms with Gasteiger partial charge < -0.3 is 0 Å². The summed E-state index contributed by atoms with van der Waals surface area (Å²) < 4.78 is 3.03. The topological polar surface area (TPSA) is 17.1 Å². The van der Waals surface area contributed by atoms with Crippen LogP contribution in [0.25, 0.3) is 0 Å². The predicted octanol–water partition coefficient (Wildman–Crippen LogP) is 3.95. The fourth-order valence-electron chi connectivity index (χ4n) is 1.49. The largest absolute Gasteiger partial charge is 0 e. The molecule has 0 saturated carbocycles. The van der Waals surface area contributed by atoms with Gasteiger partial charge in [0.05, 0.1) is 0 Å². The molecule has 0 N–H and O–H groups in total. The van der Waals surface area contributed by atoms with Gasteiger partial charge in [-0.15, -0.1) is 0 Å². The first-order valence-electron chi connectivity index (χ1n) is 6.22. The Morgan fingerprint density at radius 1 is 1.18 bits per heavy atom. The zero-order chi connectivity index (χ0) is 12.2. The van der Waals surface area contributed by atoms with Crippen molar-refractivity contribution in [3.05, 3.63) is 11.6 Å². The molecule has 0 radical (unpaired) electrons. The maximum Gasteiger partial charge on any atom is 0 e. The molecular weight excluding hydrogens is 660 g/mol. The van der Waals surface area contributed by atoms with Gasteiger partial charge in [0, 0.05) is 31.1 Å². The second-order valence-electron chi connectivity index (χ2n) is 4.10. The standard InChI is InChI=1S/C14H22O.2U/c1-4-6-7-8-9-10-11-12-13(3)14(15)5-2;;/h4-11H2,1,3H3;;/q-1;;. The van der Waals surface area contributed by atoms with Gasteiger partial charge in [0.15, 0.2) is 0 Å². The number of Topliss-reactive ketones (excluding diaryl/α,β-unsaturated/α-hetero) is 1. The Balaban J connectivity index is 0. The molecule has 0 rings (SSSR count). The molecule has 0 amide bonds. The summed E-state index contributed by atoms with van der Waals surface area (Å²) in [7, 11) is 0. The molecule has 0 heterocycles. The molecule has 0 saturated heterocycles. The third-order valence-electron chi connectivity index (χ3n) is 2.59. The van der Waals surface area contributed by atoms with Crippen molar-refractivity contribution >= 4 is 5.78 Å². The number of carbonyl (C=O) groups is 1. The summed E-state index contributed by atoms with van der Waals surface area (Å²) >= 11 is 0.684. The molecule has 3 heteroatoms. The Labute approximate surface area is 148 Å². The summed E-state index contributed by atoms with van der Waals surface area (Å²) in [4.78, 5) is 11.4. The van der Waals surface area contributed by atoms with Crippen molar-refractivity contribution < 1.29 is 64.6 Å². The monoisotopic (exact) mass is 682 g/mol. The number of carbonyl (C=O) groups excluding carboxylic acids is 1. The zero-order valence-electron chi connectivity index (χ0n) is 11.1. The molecular formula is C14H22OU2-. The van der Waals surface area contributed by atoms with E-state index in [9.17, 15) is 4.79 Å². The molecule has 0 fully saturated rings. The fraction of sp³-hybridized carbons (Fsp3) is 0.714. The second kappa shape index (κ2) is 15.4. The van der Waals surface area contributed by atoms with Crippen LogP contribution >= 0.6 is 0 Å². The molecule has 93 valence electrons. The first-order chi connectivity index (χ1) is 7.72. The van der Waals surface area contributed by atoms with E-state index >= 15 is 0 Å². The quantitative estimate of drug-likeness (QED) is 0.205. The molecule has 0 atom stereocenters. The molecule has 0 aromatic carbocycles. The van der Waals surface area contributed by atoms with E-state index in [1.54, 1.807) is 0 Å². The Kier molecular flexibility index (Phi) is 18.6. The van der Waals surface area contributed by atoms with Gasteiger partial charge in [0.1, 0.15) is 0 Å². The van der Waals surface area contributed by atoms with Gasteiger partial charge in [-0.1, -0.05) is 6.92 Å². The molecule has 0 aliphatic rings. The molecule has 0 spiro atoms. The summed E-state index contributed by atoms with van der Waals surface area (Å²) in [5.41, 5.74) is 0.807. The van der Waals surface area contributed by atoms with E-state index in [-0.39, 0.29) is 36.9 Å². The van der Waals surface area contributed by atoms with E-state index in [1.807, 2.05) is 6.92 Å². The van der Waals surface area contributed by atoms with Gasteiger partial charge in [0.25, 0.3) is 0 Å². The zero-order valence-corrected chi connectivity index (χ0v) is 19.4. The average molecular weight is 682 g/mol. The van der Waals surface area contributed by atoms with Crippen LogP contribution in [0.5, 0.6) is 0 Å². The number of unbranched alkanes of at least 4 members (excludes halogenated alkanes) is 6. The number of hydrogen-bond donors (Lipinski definition) is 0. The third kappa shape index (κ3) is 13.5. The van der Waals surface area contributed by atoms with E-state index < -0.39 is 0 Å². The van der Waals surface area contributed by atoms with Crippen LogP contribution in [0.4, 0.5) is 0 Å². The SMILES string of the molecule is CCCCCCCC[C-]=C(C)C(=O)C[C]#[U].[U]. The van der Waals surface area contributed by atoms with Gasteiger partial charge in [-0.2, -0.15) is 0 Å². The Bertz CT molecular complexity index is 264. The summed E-state index contributed by atoms with van der Waals surface area (Å²) in [6, 6.07) is 0.